The minimum Gasteiger partial charge on any atom is -0.492 e. The van der Waals surface area contributed by atoms with Crippen molar-refractivity contribution in [1.82, 2.24) is 4.98 Å². The van der Waals surface area contributed by atoms with Gasteiger partial charge in [-0.1, -0.05) is 0 Å². The van der Waals surface area contributed by atoms with Gasteiger partial charge in [0.2, 0.25) is 0 Å². The van der Waals surface area contributed by atoms with Crippen molar-refractivity contribution >= 4 is 0 Å². The van der Waals surface area contributed by atoms with E-state index in [0.717, 1.165) is 0 Å². The minimum absolute atomic E-state index is 0.261. The fourth-order valence-corrected chi connectivity index (χ4v) is 1.12. The zero-order chi connectivity index (χ0) is 10.4. The summed E-state index contributed by atoms with van der Waals surface area (Å²) in [5.41, 5.74) is 0.706. The van der Waals surface area contributed by atoms with Gasteiger partial charge in [-0.2, -0.15) is 0 Å². The van der Waals surface area contributed by atoms with E-state index in [-0.39, 0.29) is 6.61 Å². The largest absolute Gasteiger partial charge is 0.492 e. The number of nitrogens with zero attached hydrogens (tertiary/aromatic N) is 1. The van der Waals surface area contributed by atoms with Crippen LogP contribution in [0.25, 0.3) is 0 Å². The molecule has 0 saturated heterocycles. The van der Waals surface area contributed by atoms with E-state index in [1.807, 2.05) is 6.92 Å². The molecule has 14 heavy (non-hydrogen) atoms. The molecule has 0 aliphatic carbocycles. The van der Waals surface area contributed by atoms with E-state index in [0.29, 0.717) is 17.9 Å². The average Bonchev–Trinajstić information content (AvgIpc) is 2.19. The molecule has 0 aromatic carbocycles. The molecule has 1 heterocycles. The highest BCUT2D eigenvalue weighted by molar-refractivity contribution is 5.25. The molecule has 0 fully saturated rings. The Kier molecular flexibility index (Phi) is 4.35. The topological polar surface area (TPSA) is 51.6 Å². The second kappa shape index (κ2) is 5.57. The normalized spacial score (nSPS) is 12.5. The standard InChI is InChI=1S/C10H15NO3/c1-3-14-9-4-8(5-11-6-9)10(12)7-13-2/h4-6,10,12H,3,7H2,1-2H3. The van der Waals surface area contributed by atoms with Crippen LogP contribution in [0.3, 0.4) is 0 Å². The summed E-state index contributed by atoms with van der Waals surface area (Å²) in [5.74, 6) is 0.667. The molecule has 0 radical (unpaired) electrons. The van der Waals surface area contributed by atoms with Crippen LogP contribution in [0.5, 0.6) is 5.75 Å². The highest BCUT2D eigenvalue weighted by Gasteiger charge is 2.08. The minimum atomic E-state index is -0.645. The Balaban J connectivity index is 2.71. The molecule has 1 aromatic rings. The maximum atomic E-state index is 9.59. The molecule has 1 rings (SSSR count). The quantitative estimate of drug-likeness (QED) is 0.769. The fourth-order valence-electron chi connectivity index (χ4n) is 1.12. The van der Waals surface area contributed by atoms with Crippen LogP contribution < -0.4 is 4.74 Å². The van der Waals surface area contributed by atoms with E-state index in [4.69, 9.17) is 9.47 Å². The molecule has 78 valence electrons. The van der Waals surface area contributed by atoms with Crippen molar-refractivity contribution in [1.29, 1.82) is 0 Å². The van der Waals surface area contributed by atoms with Gasteiger partial charge in [0.1, 0.15) is 11.9 Å². The second-order valence-electron chi connectivity index (χ2n) is 2.86. The molecule has 1 atom stereocenters. The van der Waals surface area contributed by atoms with Gasteiger partial charge >= 0.3 is 0 Å². The molecule has 0 aliphatic heterocycles. The monoisotopic (exact) mass is 197 g/mol. The van der Waals surface area contributed by atoms with Crippen LogP contribution in [-0.4, -0.2) is 30.4 Å². The average molecular weight is 197 g/mol. The first-order chi connectivity index (χ1) is 6.77. The van der Waals surface area contributed by atoms with Crippen LogP contribution in [0.15, 0.2) is 18.5 Å². The number of pyridine rings is 1. The third-order valence-corrected chi connectivity index (χ3v) is 1.75. The molecule has 4 heteroatoms. The summed E-state index contributed by atoms with van der Waals surface area (Å²) >= 11 is 0. The molecular weight excluding hydrogens is 182 g/mol. The summed E-state index contributed by atoms with van der Waals surface area (Å²) in [4.78, 5) is 3.97. The maximum absolute atomic E-state index is 9.59. The first-order valence-corrected chi connectivity index (χ1v) is 4.52. The Bertz CT molecular complexity index is 278. The SMILES string of the molecule is CCOc1cncc(C(O)COC)c1. The molecule has 0 amide bonds. The number of hydrogen-bond acceptors (Lipinski definition) is 4. The number of methoxy groups -OCH3 is 1. The van der Waals surface area contributed by atoms with Gasteiger partial charge in [0.05, 0.1) is 19.4 Å². The van der Waals surface area contributed by atoms with Gasteiger partial charge in [-0.3, -0.25) is 4.98 Å². The summed E-state index contributed by atoms with van der Waals surface area (Å²) in [6.45, 7) is 2.75. The van der Waals surface area contributed by atoms with Crippen LogP contribution in [0.2, 0.25) is 0 Å². The molecular formula is C10H15NO3. The fraction of sp³-hybridized carbons (Fsp3) is 0.500. The van der Waals surface area contributed by atoms with E-state index in [1.165, 1.54) is 0 Å². The predicted octanol–water partition coefficient (Wildman–Crippen LogP) is 1.16. The number of rotatable bonds is 5. The van der Waals surface area contributed by atoms with Crippen molar-refractivity contribution < 1.29 is 14.6 Å². The third kappa shape index (κ3) is 2.97. The van der Waals surface area contributed by atoms with Gasteiger partial charge in [-0.25, -0.2) is 0 Å². The second-order valence-corrected chi connectivity index (χ2v) is 2.86. The first kappa shape index (κ1) is 10.9. The highest BCUT2D eigenvalue weighted by atomic mass is 16.5. The van der Waals surface area contributed by atoms with Gasteiger partial charge in [-0.05, 0) is 13.0 Å². The molecule has 1 unspecified atom stereocenters. The van der Waals surface area contributed by atoms with Crippen molar-refractivity contribution in [2.75, 3.05) is 20.3 Å². The summed E-state index contributed by atoms with van der Waals surface area (Å²) in [6.07, 6.45) is 2.58. The predicted molar refractivity (Wildman–Crippen MR) is 52.2 cm³/mol. The van der Waals surface area contributed by atoms with Crippen molar-refractivity contribution in [3.8, 4) is 5.75 Å². The van der Waals surface area contributed by atoms with Crippen LogP contribution in [0, 0.1) is 0 Å². The number of aliphatic hydroxyl groups is 1. The van der Waals surface area contributed by atoms with Crippen LogP contribution in [0.4, 0.5) is 0 Å². The molecule has 0 bridgehead atoms. The summed E-state index contributed by atoms with van der Waals surface area (Å²) < 4.78 is 10.1. The molecule has 0 aliphatic rings. The Morgan fingerprint density at radius 3 is 2.93 bits per heavy atom. The van der Waals surface area contributed by atoms with Crippen molar-refractivity contribution in [2.45, 2.75) is 13.0 Å². The van der Waals surface area contributed by atoms with Crippen LogP contribution in [-0.2, 0) is 4.74 Å². The van der Waals surface area contributed by atoms with Crippen molar-refractivity contribution in [3.63, 3.8) is 0 Å². The third-order valence-electron chi connectivity index (χ3n) is 1.75. The van der Waals surface area contributed by atoms with Gasteiger partial charge in [0.25, 0.3) is 0 Å². The molecule has 0 spiro atoms. The number of hydrogen-bond donors (Lipinski definition) is 1. The van der Waals surface area contributed by atoms with Crippen LogP contribution >= 0.6 is 0 Å². The van der Waals surface area contributed by atoms with Crippen molar-refractivity contribution in [2.24, 2.45) is 0 Å². The van der Waals surface area contributed by atoms with E-state index in [1.54, 1.807) is 25.6 Å². The van der Waals surface area contributed by atoms with Crippen LogP contribution in [0.1, 0.15) is 18.6 Å². The maximum Gasteiger partial charge on any atom is 0.137 e. The zero-order valence-corrected chi connectivity index (χ0v) is 8.43. The molecule has 0 saturated carbocycles. The highest BCUT2D eigenvalue weighted by Crippen LogP contribution is 2.17. The molecule has 1 N–H and O–H groups in total. The van der Waals surface area contributed by atoms with E-state index >= 15 is 0 Å². The van der Waals surface area contributed by atoms with Gasteiger partial charge < -0.3 is 14.6 Å². The van der Waals surface area contributed by atoms with E-state index < -0.39 is 6.10 Å². The van der Waals surface area contributed by atoms with Crippen molar-refractivity contribution in [3.05, 3.63) is 24.0 Å². The Hall–Kier alpha value is -1.13. The summed E-state index contributed by atoms with van der Waals surface area (Å²) in [6, 6.07) is 1.76. The van der Waals surface area contributed by atoms with Gasteiger partial charge in [0.15, 0.2) is 0 Å². The lowest BCUT2D eigenvalue weighted by atomic mass is 10.2. The smallest absolute Gasteiger partial charge is 0.137 e. The van der Waals surface area contributed by atoms with E-state index in [9.17, 15) is 5.11 Å². The molecule has 1 aromatic heterocycles. The number of ether oxygens (including phenoxy) is 2. The van der Waals surface area contributed by atoms with Gasteiger partial charge in [-0.15, -0.1) is 0 Å². The number of aliphatic hydroxyl groups excluding tert-OH is 1. The van der Waals surface area contributed by atoms with Gasteiger partial charge in [0, 0.05) is 18.9 Å². The Morgan fingerprint density at radius 1 is 1.50 bits per heavy atom. The first-order valence-electron chi connectivity index (χ1n) is 4.52. The lowest BCUT2D eigenvalue weighted by Gasteiger charge is -2.10. The summed E-state index contributed by atoms with van der Waals surface area (Å²) in [7, 11) is 1.54. The van der Waals surface area contributed by atoms with E-state index in [2.05, 4.69) is 4.98 Å². The number of aromatic nitrogens is 1. The Morgan fingerprint density at radius 2 is 2.29 bits per heavy atom. The lowest BCUT2D eigenvalue weighted by Crippen LogP contribution is -2.06. The lowest BCUT2D eigenvalue weighted by molar-refractivity contribution is 0.0640. The zero-order valence-electron chi connectivity index (χ0n) is 8.43. The Labute approximate surface area is 83.5 Å². The molecule has 4 nitrogen and oxygen atoms in total. The summed E-state index contributed by atoms with van der Waals surface area (Å²) in [5, 5.41) is 9.59.